The minimum Gasteiger partial charge on any atom is -0.497 e. The van der Waals surface area contributed by atoms with Crippen LogP contribution in [0.4, 0.5) is 0 Å². The Kier molecular flexibility index (Phi) is 12.2. The first-order chi connectivity index (χ1) is 14.8. The number of nitrogens with zero attached hydrogens (tertiary/aromatic N) is 2. The van der Waals surface area contributed by atoms with E-state index < -0.39 is 0 Å². The lowest BCUT2D eigenvalue weighted by Crippen LogP contribution is -2.42. The average molecular weight is 423 g/mol. The van der Waals surface area contributed by atoms with Crippen LogP contribution in [0.1, 0.15) is 24.9 Å². The maximum Gasteiger partial charge on any atom is 0.191 e. The first-order valence-electron chi connectivity index (χ1n) is 10.8. The fourth-order valence-corrected chi connectivity index (χ4v) is 3.29. The normalized spacial score (nSPS) is 16.3. The molecule has 1 saturated heterocycles. The lowest BCUT2D eigenvalue weighted by molar-refractivity contribution is 0.0179. The molecule has 0 radical (unpaired) electrons. The highest BCUT2D eigenvalue weighted by Gasteiger charge is 2.22. The number of hydrogen-bond donors (Lipinski definition) is 2. The van der Waals surface area contributed by atoms with Gasteiger partial charge in [-0.05, 0) is 31.0 Å². The largest absolute Gasteiger partial charge is 0.497 e. The second kappa shape index (κ2) is 15.0. The van der Waals surface area contributed by atoms with Crippen LogP contribution in [0.15, 0.2) is 29.3 Å². The Hall–Kier alpha value is -1.87. The molecule has 0 bridgehead atoms. The Balaban J connectivity index is 1.95. The van der Waals surface area contributed by atoms with Crippen LogP contribution >= 0.6 is 0 Å². The number of morpholine rings is 1. The van der Waals surface area contributed by atoms with E-state index in [2.05, 4.69) is 34.6 Å². The highest BCUT2D eigenvalue weighted by molar-refractivity contribution is 5.79. The molecule has 30 heavy (non-hydrogen) atoms. The molecule has 1 aromatic rings. The summed E-state index contributed by atoms with van der Waals surface area (Å²) in [6, 6.07) is 8.49. The fraction of sp³-hybridized carbons (Fsp3) is 0.682. The number of ether oxygens (including phenoxy) is 4. The molecular weight excluding hydrogens is 384 g/mol. The summed E-state index contributed by atoms with van der Waals surface area (Å²) in [6.45, 7) is 9.70. The van der Waals surface area contributed by atoms with Gasteiger partial charge in [0.25, 0.3) is 0 Å². The summed E-state index contributed by atoms with van der Waals surface area (Å²) < 4.78 is 21.4. The van der Waals surface area contributed by atoms with E-state index in [1.54, 1.807) is 14.2 Å². The molecule has 8 heteroatoms. The van der Waals surface area contributed by atoms with E-state index in [9.17, 15) is 0 Å². The first kappa shape index (κ1) is 24.4. The number of hydrogen-bond acceptors (Lipinski definition) is 6. The molecule has 1 aliphatic rings. The standard InChI is InChI=1S/C22H38N4O4/c1-4-23-22(24-10-5-13-29-17-16-27-2)25-18-21(26-11-14-30-15-12-26)19-6-8-20(28-3)9-7-19/h6-9,21H,4-5,10-18H2,1-3H3,(H2,23,24,25). The third-order valence-electron chi connectivity index (χ3n) is 4.94. The van der Waals surface area contributed by atoms with Crippen molar-refractivity contribution < 1.29 is 18.9 Å². The van der Waals surface area contributed by atoms with E-state index in [4.69, 9.17) is 23.9 Å². The van der Waals surface area contributed by atoms with Crippen LogP contribution in [-0.4, -0.2) is 90.8 Å². The van der Waals surface area contributed by atoms with Crippen LogP contribution in [0.25, 0.3) is 0 Å². The lowest BCUT2D eigenvalue weighted by Gasteiger charge is -2.34. The van der Waals surface area contributed by atoms with Gasteiger partial charge in [0.15, 0.2) is 5.96 Å². The van der Waals surface area contributed by atoms with Crippen LogP contribution in [0, 0.1) is 0 Å². The number of rotatable bonds is 13. The molecule has 1 heterocycles. The van der Waals surface area contributed by atoms with Crippen molar-refractivity contribution in [1.29, 1.82) is 0 Å². The summed E-state index contributed by atoms with van der Waals surface area (Å²) in [7, 11) is 3.37. The quantitative estimate of drug-likeness (QED) is 0.285. The summed E-state index contributed by atoms with van der Waals surface area (Å²) in [4.78, 5) is 7.32. The molecule has 2 rings (SSSR count). The average Bonchev–Trinajstić information content (AvgIpc) is 2.79. The van der Waals surface area contributed by atoms with Crippen molar-refractivity contribution in [3.63, 3.8) is 0 Å². The molecule has 0 aromatic heterocycles. The van der Waals surface area contributed by atoms with Crippen molar-refractivity contribution in [3.8, 4) is 5.75 Å². The molecular formula is C22H38N4O4. The Morgan fingerprint density at radius 1 is 1.10 bits per heavy atom. The zero-order valence-corrected chi connectivity index (χ0v) is 18.7. The van der Waals surface area contributed by atoms with Gasteiger partial charge in [-0.15, -0.1) is 0 Å². The maximum absolute atomic E-state index is 5.55. The second-order valence-corrected chi connectivity index (χ2v) is 7.04. The molecule has 170 valence electrons. The number of guanidine groups is 1. The molecule has 1 atom stereocenters. The monoisotopic (exact) mass is 422 g/mol. The smallest absolute Gasteiger partial charge is 0.191 e. The predicted molar refractivity (Wildman–Crippen MR) is 119 cm³/mol. The number of nitrogens with one attached hydrogen (secondary N) is 2. The highest BCUT2D eigenvalue weighted by Crippen LogP contribution is 2.24. The van der Waals surface area contributed by atoms with Gasteiger partial charge in [-0.3, -0.25) is 9.89 Å². The van der Waals surface area contributed by atoms with Crippen LogP contribution in [-0.2, 0) is 14.2 Å². The topological polar surface area (TPSA) is 76.6 Å². The first-order valence-corrected chi connectivity index (χ1v) is 10.8. The molecule has 2 N–H and O–H groups in total. The zero-order valence-electron chi connectivity index (χ0n) is 18.7. The van der Waals surface area contributed by atoms with E-state index in [-0.39, 0.29) is 6.04 Å². The molecule has 0 aliphatic carbocycles. The molecule has 1 fully saturated rings. The SMILES string of the molecule is CCNC(=NCC(c1ccc(OC)cc1)N1CCOCC1)NCCCOCCOC. The number of benzene rings is 1. The van der Waals surface area contributed by atoms with Gasteiger partial charge in [-0.2, -0.15) is 0 Å². The van der Waals surface area contributed by atoms with Gasteiger partial charge in [-0.1, -0.05) is 12.1 Å². The van der Waals surface area contributed by atoms with Crippen LogP contribution in [0.5, 0.6) is 5.75 Å². The molecule has 0 amide bonds. The summed E-state index contributed by atoms with van der Waals surface area (Å²) >= 11 is 0. The van der Waals surface area contributed by atoms with Crippen molar-refractivity contribution in [2.24, 2.45) is 4.99 Å². The van der Waals surface area contributed by atoms with Gasteiger partial charge in [0.2, 0.25) is 0 Å². The van der Waals surface area contributed by atoms with Crippen LogP contribution in [0.3, 0.4) is 0 Å². The summed E-state index contributed by atoms with van der Waals surface area (Å²) in [5, 5.41) is 6.74. The van der Waals surface area contributed by atoms with Gasteiger partial charge in [-0.25, -0.2) is 0 Å². The molecule has 0 spiro atoms. The van der Waals surface area contributed by atoms with Crippen molar-refractivity contribution in [1.82, 2.24) is 15.5 Å². The van der Waals surface area contributed by atoms with Crippen molar-refractivity contribution in [2.75, 3.05) is 80.0 Å². The molecule has 1 unspecified atom stereocenters. The Morgan fingerprint density at radius 2 is 1.87 bits per heavy atom. The van der Waals surface area contributed by atoms with Crippen molar-refractivity contribution >= 4 is 5.96 Å². The third kappa shape index (κ3) is 8.87. The Labute approximate surface area is 180 Å². The van der Waals surface area contributed by atoms with E-state index in [1.165, 1.54) is 5.56 Å². The minimum absolute atomic E-state index is 0.202. The Morgan fingerprint density at radius 3 is 2.53 bits per heavy atom. The summed E-state index contributed by atoms with van der Waals surface area (Å²) in [5.41, 5.74) is 1.24. The number of methoxy groups -OCH3 is 2. The lowest BCUT2D eigenvalue weighted by atomic mass is 10.0. The number of aliphatic imine (C=N–C) groups is 1. The fourth-order valence-electron chi connectivity index (χ4n) is 3.29. The maximum atomic E-state index is 5.55. The van der Waals surface area contributed by atoms with Gasteiger partial charge in [0.05, 0.1) is 46.1 Å². The van der Waals surface area contributed by atoms with Crippen LogP contribution in [0.2, 0.25) is 0 Å². The van der Waals surface area contributed by atoms with Gasteiger partial charge in [0.1, 0.15) is 5.75 Å². The Bertz CT molecular complexity index is 591. The van der Waals surface area contributed by atoms with Gasteiger partial charge >= 0.3 is 0 Å². The predicted octanol–water partition coefficient (Wildman–Crippen LogP) is 1.68. The van der Waals surface area contributed by atoms with Crippen LogP contribution < -0.4 is 15.4 Å². The summed E-state index contributed by atoms with van der Waals surface area (Å²) in [6.07, 6.45) is 0.916. The van der Waals surface area contributed by atoms with E-state index >= 15 is 0 Å². The minimum atomic E-state index is 0.202. The van der Waals surface area contributed by atoms with E-state index in [0.717, 1.165) is 57.5 Å². The molecule has 8 nitrogen and oxygen atoms in total. The molecule has 1 aliphatic heterocycles. The van der Waals surface area contributed by atoms with E-state index in [1.807, 2.05) is 12.1 Å². The van der Waals surface area contributed by atoms with Crippen molar-refractivity contribution in [3.05, 3.63) is 29.8 Å². The van der Waals surface area contributed by atoms with Gasteiger partial charge < -0.3 is 29.6 Å². The highest BCUT2D eigenvalue weighted by atomic mass is 16.5. The van der Waals surface area contributed by atoms with Crippen molar-refractivity contribution in [2.45, 2.75) is 19.4 Å². The second-order valence-electron chi connectivity index (χ2n) is 7.04. The summed E-state index contributed by atoms with van der Waals surface area (Å²) in [5.74, 6) is 1.70. The third-order valence-corrected chi connectivity index (χ3v) is 4.94. The van der Waals surface area contributed by atoms with Gasteiger partial charge in [0, 0.05) is 39.9 Å². The molecule has 0 saturated carbocycles. The zero-order chi connectivity index (χ0) is 21.4. The van der Waals surface area contributed by atoms with E-state index in [0.29, 0.717) is 26.4 Å². The molecule has 1 aromatic carbocycles.